The molecule has 2 heterocycles. The maximum absolute atomic E-state index is 12.6. The van der Waals surface area contributed by atoms with Crippen LogP contribution in [-0.2, 0) is 16.0 Å². The van der Waals surface area contributed by atoms with Gasteiger partial charge in [-0.15, -0.1) is 0 Å². The van der Waals surface area contributed by atoms with Crippen molar-refractivity contribution in [2.24, 2.45) is 0 Å². The highest BCUT2D eigenvalue weighted by Gasteiger charge is 2.22. The van der Waals surface area contributed by atoms with Crippen molar-refractivity contribution in [3.63, 3.8) is 0 Å². The average Bonchev–Trinajstić information content (AvgIpc) is 3.18. The number of methoxy groups -OCH3 is 1. The molecule has 6 nitrogen and oxygen atoms in total. The van der Waals surface area contributed by atoms with Crippen LogP contribution in [0.5, 0.6) is 0 Å². The highest BCUT2D eigenvalue weighted by Crippen LogP contribution is 2.17. The first-order valence-corrected chi connectivity index (χ1v) is 10.2. The third-order valence-corrected chi connectivity index (χ3v) is 5.38. The van der Waals surface area contributed by atoms with E-state index in [1.165, 1.54) is 0 Å². The summed E-state index contributed by atoms with van der Waals surface area (Å²) < 4.78 is 10.9. The smallest absolute Gasteiger partial charge is 0.253 e. The fourth-order valence-corrected chi connectivity index (χ4v) is 3.71. The van der Waals surface area contributed by atoms with Gasteiger partial charge in [-0.1, -0.05) is 11.6 Å². The van der Waals surface area contributed by atoms with Crippen molar-refractivity contribution >= 4 is 28.2 Å². The zero-order valence-electron chi connectivity index (χ0n) is 16.6. The van der Waals surface area contributed by atoms with E-state index in [2.05, 4.69) is 16.4 Å². The lowest BCUT2D eigenvalue weighted by Gasteiger charge is -2.28. The maximum Gasteiger partial charge on any atom is 0.253 e. The highest BCUT2D eigenvalue weighted by atomic mass is 32.1. The largest absolute Gasteiger partial charge is 0.385 e. The summed E-state index contributed by atoms with van der Waals surface area (Å²) in [5.41, 5.74) is 2.65. The van der Waals surface area contributed by atoms with Crippen molar-refractivity contribution in [1.82, 2.24) is 15.2 Å². The van der Waals surface area contributed by atoms with Gasteiger partial charge in [0.15, 0.2) is 5.11 Å². The van der Waals surface area contributed by atoms with Crippen molar-refractivity contribution in [3.05, 3.63) is 45.7 Å². The molecule has 0 amide bonds. The molecule has 0 unspecified atom stereocenters. The fourth-order valence-electron chi connectivity index (χ4n) is 3.47. The Morgan fingerprint density at radius 1 is 1.43 bits per heavy atom. The number of thiocarbonyl (C=S) groups is 1. The molecule has 0 bridgehead atoms. The molecule has 1 aliphatic heterocycles. The molecular formula is C21H29N3O3S. The minimum Gasteiger partial charge on any atom is -0.385 e. The monoisotopic (exact) mass is 403 g/mol. The lowest BCUT2D eigenvalue weighted by Crippen LogP contribution is -2.44. The Morgan fingerprint density at radius 3 is 3.04 bits per heavy atom. The Morgan fingerprint density at radius 2 is 2.29 bits per heavy atom. The van der Waals surface area contributed by atoms with Crippen LogP contribution < -0.4 is 10.9 Å². The summed E-state index contributed by atoms with van der Waals surface area (Å²) in [6.07, 6.45) is 3.12. The van der Waals surface area contributed by atoms with Gasteiger partial charge in [-0.2, -0.15) is 0 Å². The summed E-state index contributed by atoms with van der Waals surface area (Å²) in [7, 11) is 1.69. The van der Waals surface area contributed by atoms with Gasteiger partial charge in [0.05, 0.1) is 12.6 Å². The van der Waals surface area contributed by atoms with Gasteiger partial charge in [-0.3, -0.25) is 4.79 Å². The van der Waals surface area contributed by atoms with Crippen LogP contribution >= 0.6 is 12.2 Å². The van der Waals surface area contributed by atoms with Crippen LogP contribution in [0.15, 0.2) is 29.1 Å². The van der Waals surface area contributed by atoms with Crippen molar-refractivity contribution in [2.75, 3.05) is 33.4 Å². The zero-order chi connectivity index (χ0) is 19.9. The molecule has 1 aliphatic rings. The van der Waals surface area contributed by atoms with Crippen LogP contribution in [0.4, 0.5) is 0 Å². The van der Waals surface area contributed by atoms with E-state index in [1.54, 1.807) is 7.11 Å². The predicted molar refractivity (Wildman–Crippen MR) is 116 cm³/mol. The molecular weight excluding hydrogens is 374 g/mol. The summed E-state index contributed by atoms with van der Waals surface area (Å²) in [5.74, 6) is 0. The van der Waals surface area contributed by atoms with Crippen LogP contribution in [0.2, 0.25) is 0 Å². The molecule has 0 saturated carbocycles. The highest BCUT2D eigenvalue weighted by molar-refractivity contribution is 7.80. The van der Waals surface area contributed by atoms with E-state index in [4.69, 9.17) is 21.7 Å². The molecule has 0 radical (unpaired) electrons. The van der Waals surface area contributed by atoms with Crippen LogP contribution in [0, 0.1) is 6.92 Å². The Kier molecular flexibility index (Phi) is 7.42. The number of nitrogens with zero attached hydrogens (tertiary/aromatic N) is 1. The second-order valence-corrected chi connectivity index (χ2v) is 7.69. The van der Waals surface area contributed by atoms with Gasteiger partial charge in [0.2, 0.25) is 0 Å². The average molecular weight is 404 g/mol. The van der Waals surface area contributed by atoms with Crippen molar-refractivity contribution in [3.8, 4) is 0 Å². The van der Waals surface area contributed by atoms with Gasteiger partial charge in [0, 0.05) is 44.5 Å². The van der Waals surface area contributed by atoms with Crippen molar-refractivity contribution in [1.29, 1.82) is 0 Å². The Bertz CT molecular complexity index is 862. The number of benzene rings is 1. The number of hydrogen-bond donors (Lipinski definition) is 2. The molecule has 2 aromatic rings. The van der Waals surface area contributed by atoms with Crippen LogP contribution in [0.3, 0.4) is 0 Å². The molecule has 1 fully saturated rings. The predicted octanol–water partition coefficient (Wildman–Crippen LogP) is 2.73. The second-order valence-electron chi connectivity index (χ2n) is 7.31. The Labute approximate surface area is 171 Å². The minimum atomic E-state index is -0.0733. The third kappa shape index (κ3) is 5.53. The van der Waals surface area contributed by atoms with Gasteiger partial charge in [-0.25, -0.2) is 0 Å². The first-order chi connectivity index (χ1) is 13.6. The second kappa shape index (κ2) is 10.0. The lowest BCUT2D eigenvalue weighted by molar-refractivity contribution is 0.0896. The molecule has 1 aromatic carbocycles. The first-order valence-electron chi connectivity index (χ1n) is 9.82. The molecule has 0 aliphatic carbocycles. The van der Waals surface area contributed by atoms with Crippen molar-refractivity contribution < 1.29 is 9.47 Å². The molecule has 1 saturated heterocycles. The van der Waals surface area contributed by atoms with Gasteiger partial charge in [-0.05, 0) is 62.0 Å². The van der Waals surface area contributed by atoms with Crippen LogP contribution in [0.1, 0.15) is 30.4 Å². The quantitative estimate of drug-likeness (QED) is 0.522. The molecule has 3 rings (SSSR count). The van der Waals surface area contributed by atoms with E-state index in [0.29, 0.717) is 30.4 Å². The fraction of sp³-hybridized carbons (Fsp3) is 0.524. The molecule has 2 N–H and O–H groups in total. The van der Waals surface area contributed by atoms with Crippen LogP contribution in [-0.4, -0.2) is 54.5 Å². The van der Waals surface area contributed by atoms with E-state index < -0.39 is 0 Å². The number of H-pyrrole nitrogens is 1. The number of hydrogen-bond acceptors (Lipinski definition) is 4. The molecule has 0 spiro atoms. The number of aromatic amines is 1. The van der Waals surface area contributed by atoms with E-state index >= 15 is 0 Å². The number of nitrogens with one attached hydrogen (secondary N) is 2. The normalized spacial score (nSPS) is 16.4. The van der Waals surface area contributed by atoms with E-state index in [0.717, 1.165) is 48.9 Å². The lowest BCUT2D eigenvalue weighted by atomic mass is 10.1. The number of aromatic nitrogens is 1. The maximum atomic E-state index is 12.6. The third-order valence-electron chi connectivity index (χ3n) is 4.97. The van der Waals surface area contributed by atoms with Gasteiger partial charge >= 0.3 is 0 Å². The van der Waals surface area contributed by atoms with Gasteiger partial charge < -0.3 is 24.7 Å². The number of pyridine rings is 1. The summed E-state index contributed by atoms with van der Waals surface area (Å²) in [5, 5.41) is 4.97. The molecule has 1 aromatic heterocycles. The summed E-state index contributed by atoms with van der Waals surface area (Å²) >= 11 is 5.62. The zero-order valence-corrected chi connectivity index (χ0v) is 17.4. The number of aryl methyl sites for hydroxylation is 1. The minimum absolute atomic E-state index is 0.0733. The van der Waals surface area contributed by atoms with E-state index in [1.807, 2.05) is 30.0 Å². The van der Waals surface area contributed by atoms with Crippen molar-refractivity contribution in [2.45, 2.75) is 38.8 Å². The number of rotatable bonds is 8. The molecule has 152 valence electrons. The topological polar surface area (TPSA) is 66.6 Å². The van der Waals surface area contributed by atoms with Gasteiger partial charge in [0.25, 0.3) is 5.56 Å². The molecule has 28 heavy (non-hydrogen) atoms. The Hall–Kier alpha value is -1.96. The summed E-state index contributed by atoms with van der Waals surface area (Å²) in [4.78, 5) is 17.7. The summed E-state index contributed by atoms with van der Waals surface area (Å²) in [6.45, 7) is 5.40. The van der Waals surface area contributed by atoms with E-state index in [-0.39, 0.29) is 11.7 Å². The van der Waals surface area contributed by atoms with Crippen LogP contribution in [0.25, 0.3) is 10.9 Å². The van der Waals surface area contributed by atoms with Gasteiger partial charge in [0.1, 0.15) is 0 Å². The molecule has 7 heteroatoms. The first kappa shape index (κ1) is 20.8. The number of ether oxygens (including phenoxy) is 2. The Balaban J connectivity index is 1.77. The van der Waals surface area contributed by atoms with E-state index in [9.17, 15) is 4.79 Å². The SMILES string of the molecule is COCCCNC(=S)N(Cc1cc2cc(C)ccc2[nH]c1=O)C[C@@H]1CCCO1. The number of fused-ring (bicyclic) bond motifs is 1. The molecule has 1 atom stereocenters. The standard InChI is InChI=1S/C21H29N3O3S/c1-15-6-7-19-16(11-15)12-17(20(25)23-19)13-24(14-18-5-3-10-27-18)21(28)22-8-4-9-26-2/h6-7,11-12,18H,3-5,8-10,13-14H2,1-2H3,(H,22,28)(H,23,25)/t18-/m0/s1. The summed E-state index contributed by atoms with van der Waals surface area (Å²) in [6, 6.07) is 8.00.